The van der Waals surface area contributed by atoms with Crippen LogP contribution in [0.3, 0.4) is 0 Å². The van der Waals surface area contributed by atoms with Crippen LogP contribution >= 0.6 is 0 Å². The van der Waals surface area contributed by atoms with Crippen molar-refractivity contribution in [2.45, 2.75) is 12.8 Å². The van der Waals surface area contributed by atoms with Gasteiger partial charge in [0.1, 0.15) is 5.82 Å². The van der Waals surface area contributed by atoms with Gasteiger partial charge in [0, 0.05) is 18.7 Å². The highest BCUT2D eigenvalue weighted by Gasteiger charge is 2.30. The number of rotatable bonds is 4. The number of benzene rings is 1. The maximum Gasteiger partial charge on any atom is 0.322 e. The average Bonchev–Trinajstić information content (AvgIpc) is 3.03. The maximum atomic E-state index is 12.9. The average molecular weight is 368 g/mol. The summed E-state index contributed by atoms with van der Waals surface area (Å²) in [6.07, 6.45) is 2.31. The third-order valence-electron chi connectivity index (χ3n) is 3.97. The SMILES string of the molecule is CS(=O)(=O)N1CCCC(C(=O)Nc2nnc(-c3ccc(F)cc3)o2)C1. The van der Waals surface area contributed by atoms with E-state index in [-0.39, 0.29) is 30.2 Å². The summed E-state index contributed by atoms with van der Waals surface area (Å²) >= 11 is 0. The highest BCUT2D eigenvalue weighted by atomic mass is 32.2. The van der Waals surface area contributed by atoms with Gasteiger partial charge in [-0.05, 0) is 37.1 Å². The zero-order valence-corrected chi connectivity index (χ0v) is 14.3. The van der Waals surface area contributed by atoms with Crippen LogP contribution in [0.4, 0.5) is 10.4 Å². The molecule has 1 amide bonds. The third kappa shape index (κ3) is 4.20. The van der Waals surface area contributed by atoms with Crippen LogP contribution in [0.25, 0.3) is 11.5 Å². The molecular formula is C15H17FN4O4S. The van der Waals surface area contributed by atoms with Crippen molar-refractivity contribution >= 4 is 21.9 Å². The minimum absolute atomic E-state index is 0.0826. The molecule has 0 bridgehead atoms. The second-order valence-corrected chi connectivity index (χ2v) is 7.85. The van der Waals surface area contributed by atoms with Gasteiger partial charge in [0.05, 0.1) is 12.2 Å². The van der Waals surface area contributed by atoms with E-state index in [4.69, 9.17) is 4.42 Å². The Balaban J connectivity index is 1.66. The number of carbonyl (C=O) groups is 1. The normalized spacial score (nSPS) is 18.9. The molecule has 0 radical (unpaired) electrons. The zero-order chi connectivity index (χ0) is 18.0. The number of hydrogen-bond donors (Lipinski definition) is 1. The van der Waals surface area contributed by atoms with Crippen molar-refractivity contribution in [3.8, 4) is 11.5 Å². The van der Waals surface area contributed by atoms with E-state index in [0.717, 1.165) is 6.26 Å². The molecule has 0 aliphatic carbocycles. The largest absolute Gasteiger partial charge is 0.403 e. The van der Waals surface area contributed by atoms with E-state index in [2.05, 4.69) is 15.5 Å². The molecule has 134 valence electrons. The monoisotopic (exact) mass is 368 g/mol. The van der Waals surface area contributed by atoms with Crippen molar-refractivity contribution in [1.82, 2.24) is 14.5 Å². The summed E-state index contributed by atoms with van der Waals surface area (Å²) in [6.45, 7) is 0.543. The summed E-state index contributed by atoms with van der Waals surface area (Å²) in [6, 6.07) is 5.42. The lowest BCUT2D eigenvalue weighted by Crippen LogP contribution is -2.43. The summed E-state index contributed by atoms with van der Waals surface area (Å²) in [5.41, 5.74) is 0.523. The van der Waals surface area contributed by atoms with Crippen LogP contribution in [0.5, 0.6) is 0 Å². The van der Waals surface area contributed by atoms with Gasteiger partial charge in [-0.15, -0.1) is 5.10 Å². The Morgan fingerprint density at radius 3 is 2.72 bits per heavy atom. The Bertz CT molecular complexity index is 866. The molecule has 25 heavy (non-hydrogen) atoms. The van der Waals surface area contributed by atoms with E-state index in [1.807, 2.05) is 0 Å². The van der Waals surface area contributed by atoms with Crippen LogP contribution in [0.1, 0.15) is 12.8 Å². The Morgan fingerprint density at radius 1 is 1.32 bits per heavy atom. The third-order valence-corrected chi connectivity index (χ3v) is 5.24. The Labute approximate surface area is 144 Å². The number of piperidine rings is 1. The number of amides is 1. The Kier molecular flexibility index (Phi) is 4.82. The first-order valence-electron chi connectivity index (χ1n) is 7.68. The molecule has 1 N–H and O–H groups in total. The summed E-state index contributed by atoms with van der Waals surface area (Å²) < 4.78 is 42.8. The molecule has 1 aromatic heterocycles. The first-order valence-corrected chi connectivity index (χ1v) is 9.53. The van der Waals surface area contributed by atoms with Gasteiger partial charge < -0.3 is 4.42 Å². The van der Waals surface area contributed by atoms with Crippen LogP contribution < -0.4 is 5.32 Å². The Morgan fingerprint density at radius 2 is 2.04 bits per heavy atom. The number of anilines is 1. The molecule has 10 heteroatoms. The second kappa shape index (κ2) is 6.89. The van der Waals surface area contributed by atoms with Crippen LogP contribution in [0.2, 0.25) is 0 Å². The van der Waals surface area contributed by atoms with Crippen molar-refractivity contribution < 1.29 is 22.0 Å². The Hall–Kier alpha value is -2.33. The number of halogens is 1. The molecule has 1 aliphatic heterocycles. The molecule has 1 aliphatic rings. The number of hydrogen-bond acceptors (Lipinski definition) is 6. The van der Waals surface area contributed by atoms with Crippen LogP contribution in [-0.4, -0.2) is 48.2 Å². The molecule has 0 saturated carbocycles. The molecule has 2 heterocycles. The first-order chi connectivity index (χ1) is 11.8. The fourth-order valence-corrected chi connectivity index (χ4v) is 3.56. The van der Waals surface area contributed by atoms with Gasteiger partial charge in [0.25, 0.3) is 0 Å². The van der Waals surface area contributed by atoms with Crippen LogP contribution in [0, 0.1) is 11.7 Å². The number of sulfonamides is 1. The zero-order valence-electron chi connectivity index (χ0n) is 13.5. The van der Waals surface area contributed by atoms with E-state index in [1.165, 1.54) is 28.6 Å². The molecular weight excluding hydrogens is 351 g/mol. The number of aromatic nitrogens is 2. The van der Waals surface area contributed by atoms with Crippen LogP contribution in [0.15, 0.2) is 28.7 Å². The van der Waals surface area contributed by atoms with Gasteiger partial charge in [-0.1, -0.05) is 5.10 Å². The predicted octanol–water partition coefficient (Wildman–Crippen LogP) is 1.49. The number of nitrogens with one attached hydrogen (secondary N) is 1. The van der Waals surface area contributed by atoms with Crippen molar-refractivity contribution in [2.24, 2.45) is 5.92 Å². The molecule has 3 rings (SSSR count). The topological polar surface area (TPSA) is 105 Å². The van der Waals surface area contributed by atoms with Gasteiger partial charge in [0.15, 0.2) is 0 Å². The number of carbonyl (C=O) groups excluding carboxylic acids is 1. The van der Waals surface area contributed by atoms with Crippen molar-refractivity contribution in [3.05, 3.63) is 30.1 Å². The first kappa shape index (κ1) is 17.5. The van der Waals surface area contributed by atoms with E-state index in [1.54, 1.807) is 0 Å². The second-order valence-electron chi connectivity index (χ2n) is 5.87. The van der Waals surface area contributed by atoms with Gasteiger partial charge in [-0.25, -0.2) is 17.1 Å². The smallest absolute Gasteiger partial charge is 0.322 e. The van der Waals surface area contributed by atoms with Crippen molar-refractivity contribution in [1.29, 1.82) is 0 Å². The summed E-state index contributed by atoms with van der Waals surface area (Å²) in [5, 5.41) is 10.1. The maximum absolute atomic E-state index is 12.9. The minimum atomic E-state index is -3.33. The predicted molar refractivity (Wildman–Crippen MR) is 87.5 cm³/mol. The molecule has 1 aromatic carbocycles. The molecule has 1 atom stereocenters. The summed E-state index contributed by atoms with van der Waals surface area (Å²) in [5.74, 6) is -1.09. The lowest BCUT2D eigenvalue weighted by molar-refractivity contribution is -0.121. The molecule has 2 aromatic rings. The lowest BCUT2D eigenvalue weighted by atomic mass is 9.99. The summed E-state index contributed by atoms with van der Waals surface area (Å²) in [7, 11) is -3.33. The number of nitrogens with zero attached hydrogens (tertiary/aromatic N) is 3. The molecule has 1 fully saturated rings. The summed E-state index contributed by atoms with van der Waals surface area (Å²) in [4.78, 5) is 12.3. The van der Waals surface area contributed by atoms with E-state index < -0.39 is 15.9 Å². The van der Waals surface area contributed by atoms with E-state index in [9.17, 15) is 17.6 Å². The molecule has 1 saturated heterocycles. The fraction of sp³-hybridized carbons (Fsp3) is 0.400. The van der Waals surface area contributed by atoms with Gasteiger partial charge >= 0.3 is 6.01 Å². The van der Waals surface area contributed by atoms with Crippen molar-refractivity contribution in [3.63, 3.8) is 0 Å². The van der Waals surface area contributed by atoms with Crippen LogP contribution in [-0.2, 0) is 14.8 Å². The highest BCUT2D eigenvalue weighted by Crippen LogP contribution is 2.23. The minimum Gasteiger partial charge on any atom is -0.403 e. The van der Waals surface area contributed by atoms with E-state index >= 15 is 0 Å². The molecule has 0 spiro atoms. The quantitative estimate of drug-likeness (QED) is 0.876. The van der Waals surface area contributed by atoms with Gasteiger partial charge in [-0.3, -0.25) is 10.1 Å². The molecule has 1 unspecified atom stereocenters. The highest BCUT2D eigenvalue weighted by molar-refractivity contribution is 7.88. The van der Waals surface area contributed by atoms with E-state index in [0.29, 0.717) is 24.9 Å². The van der Waals surface area contributed by atoms with Gasteiger partial charge in [0.2, 0.25) is 21.8 Å². The van der Waals surface area contributed by atoms with Crippen molar-refractivity contribution in [2.75, 3.05) is 24.7 Å². The fourth-order valence-electron chi connectivity index (χ4n) is 2.65. The lowest BCUT2D eigenvalue weighted by Gasteiger charge is -2.29. The van der Waals surface area contributed by atoms with Gasteiger partial charge in [-0.2, -0.15) is 0 Å². The standard InChI is InChI=1S/C15H17FN4O4S/c1-25(22,23)20-8-2-3-11(9-20)13(21)17-15-19-18-14(24-15)10-4-6-12(16)7-5-10/h4-7,11H,2-3,8-9H2,1H3,(H,17,19,21). The molecule has 8 nitrogen and oxygen atoms in total.